The lowest BCUT2D eigenvalue weighted by molar-refractivity contribution is 0.745. The first kappa shape index (κ1) is 8.58. The van der Waals surface area contributed by atoms with Crippen LogP contribution in [0.2, 0.25) is 0 Å². The van der Waals surface area contributed by atoms with Gasteiger partial charge < -0.3 is 0 Å². The van der Waals surface area contributed by atoms with Crippen LogP contribution in [0, 0.1) is 0 Å². The fourth-order valence-corrected chi connectivity index (χ4v) is 3.04. The van der Waals surface area contributed by atoms with Crippen LogP contribution >= 0.6 is 0 Å². The number of hydrogen-bond donors (Lipinski definition) is 0. The number of fused-ring (bicyclic) bond motifs is 3. The Morgan fingerprint density at radius 1 is 0.688 bits per heavy atom. The molecule has 0 atom stereocenters. The maximum absolute atomic E-state index is 2.44. The van der Waals surface area contributed by atoms with Crippen molar-refractivity contribution in [2.24, 2.45) is 0 Å². The number of aryl methyl sites for hydroxylation is 1. The first-order valence-electron chi connectivity index (χ1n) is 6.15. The van der Waals surface area contributed by atoms with Gasteiger partial charge in [-0.25, -0.2) is 0 Å². The molecule has 0 N–H and O–H groups in total. The highest BCUT2D eigenvalue weighted by Gasteiger charge is 2.27. The molecule has 0 bridgehead atoms. The highest BCUT2D eigenvalue weighted by atomic mass is 14.3. The number of rotatable bonds is 1. The van der Waals surface area contributed by atoms with Crippen molar-refractivity contribution in [2.45, 2.75) is 25.7 Å². The van der Waals surface area contributed by atoms with E-state index in [9.17, 15) is 0 Å². The SMILES string of the molecule is c1ccc(-c2cc3c(c4c2CC4)CC3)cc1. The van der Waals surface area contributed by atoms with Crippen LogP contribution in [0.3, 0.4) is 0 Å². The second kappa shape index (κ2) is 2.98. The van der Waals surface area contributed by atoms with Crippen molar-refractivity contribution in [1.82, 2.24) is 0 Å². The summed E-state index contributed by atoms with van der Waals surface area (Å²) >= 11 is 0. The molecule has 0 heteroatoms. The molecule has 2 aromatic carbocycles. The molecule has 0 aliphatic heterocycles. The van der Waals surface area contributed by atoms with Crippen LogP contribution in [-0.2, 0) is 25.7 Å². The Labute approximate surface area is 95.9 Å². The van der Waals surface area contributed by atoms with E-state index < -0.39 is 0 Å². The van der Waals surface area contributed by atoms with Gasteiger partial charge in [-0.15, -0.1) is 0 Å². The van der Waals surface area contributed by atoms with Crippen molar-refractivity contribution in [3.63, 3.8) is 0 Å². The average Bonchev–Trinajstić information content (AvgIpc) is 2.27. The van der Waals surface area contributed by atoms with E-state index in [0.29, 0.717) is 0 Å². The van der Waals surface area contributed by atoms with E-state index >= 15 is 0 Å². The molecule has 0 spiro atoms. The predicted octanol–water partition coefficient (Wildman–Crippen LogP) is 3.55. The van der Waals surface area contributed by atoms with Gasteiger partial charge in [0, 0.05) is 0 Å². The fraction of sp³-hybridized carbons (Fsp3) is 0.250. The third-order valence-electron chi connectivity index (χ3n) is 4.11. The summed E-state index contributed by atoms with van der Waals surface area (Å²) in [4.78, 5) is 0. The van der Waals surface area contributed by atoms with Crippen LogP contribution in [0.4, 0.5) is 0 Å². The summed E-state index contributed by atoms with van der Waals surface area (Å²) in [5.74, 6) is 0. The summed E-state index contributed by atoms with van der Waals surface area (Å²) < 4.78 is 0. The number of hydrogen-bond acceptors (Lipinski definition) is 0. The second-order valence-corrected chi connectivity index (χ2v) is 4.88. The van der Waals surface area contributed by atoms with Crippen molar-refractivity contribution >= 4 is 0 Å². The molecule has 2 aromatic rings. The highest BCUT2D eigenvalue weighted by Crippen LogP contribution is 2.41. The third kappa shape index (κ3) is 0.996. The zero-order valence-corrected chi connectivity index (χ0v) is 9.29. The zero-order valence-electron chi connectivity index (χ0n) is 9.29. The second-order valence-electron chi connectivity index (χ2n) is 4.88. The third-order valence-corrected chi connectivity index (χ3v) is 4.11. The Morgan fingerprint density at radius 2 is 1.44 bits per heavy atom. The maximum Gasteiger partial charge on any atom is -0.0146 e. The zero-order chi connectivity index (χ0) is 10.5. The van der Waals surface area contributed by atoms with E-state index in [2.05, 4.69) is 36.4 Å². The monoisotopic (exact) mass is 206 g/mol. The molecule has 0 amide bonds. The molecular formula is C16H14. The first-order chi connectivity index (χ1) is 7.93. The molecule has 0 heterocycles. The van der Waals surface area contributed by atoms with Gasteiger partial charge in [0.05, 0.1) is 0 Å². The molecule has 0 fully saturated rings. The lowest BCUT2D eigenvalue weighted by Crippen LogP contribution is -2.21. The van der Waals surface area contributed by atoms with Crippen LogP contribution < -0.4 is 0 Å². The van der Waals surface area contributed by atoms with Crippen LogP contribution in [0.5, 0.6) is 0 Å². The van der Waals surface area contributed by atoms with Crippen molar-refractivity contribution < 1.29 is 0 Å². The summed E-state index contributed by atoms with van der Waals surface area (Å²) in [6, 6.07) is 13.3. The smallest absolute Gasteiger partial charge is 0.0146 e. The Hall–Kier alpha value is -1.56. The Morgan fingerprint density at radius 3 is 2.06 bits per heavy atom. The van der Waals surface area contributed by atoms with Gasteiger partial charge in [-0.05, 0) is 59.1 Å². The summed E-state index contributed by atoms with van der Waals surface area (Å²) in [6.45, 7) is 0. The molecule has 2 aliphatic rings. The van der Waals surface area contributed by atoms with Gasteiger partial charge in [0.15, 0.2) is 0 Å². The van der Waals surface area contributed by atoms with Gasteiger partial charge >= 0.3 is 0 Å². The molecule has 16 heavy (non-hydrogen) atoms. The van der Waals surface area contributed by atoms with Gasteiger partial charge in [0.1, 0.15) is 0 Å². The minimum atomic E-state index is 1.28. The van der Waals surface area contributed by atoms with E-state index in [1.54, 1.807) is 22.3 Å². The highest BCUT2D eigenvalue weighted by molar-refractivity contribution is 5.74. The van der Waals surface area contributed by atoms with Gasteiger partial charge in [0.2, 0.25) is 0 Å². The van der Waals surface area contributed by atoms with Crippen LogP contribution in [0.1, 0.15) is 22.3 Å². The molecule has 0 unspecified atom stereocenters. The Bertz CT molecular complexity index is 564. The van der Waals surface area contributed by atoms with Crippen LogP contribution in [-0.4, -0.2) is 0 Å². The van der Waals surface area contributed by atoms with E-state index in [0.717, 1.165) is 0 Å². The van der Waals surface area contributed by atoms with Gasteiger partial charge in [-0.3, -0.25) is 0 Å². The van der Waals surface area contributed by atoms with E-state index in [-0.39, 0.29) is 0 Å². The molecule has 0 nitrogen and oxygen atoms in total. The summed E-state index contributed by atoms with van der Waals surface area (Å²) in [7, 11) is 0. The van der Waals surface area contributed by atoms with E-state index in [4.69, 9.17) is 0 Å². The average molecular weight is 206 g/mol. The first-order valence-corrected chi connectivity index (χ1v) is 6.15. The van der Waals surface area contributed by atoms with Crippen molar-refractivity contribution in [3.8, 4) is 11.1 Å². The molecule has 0 aromatic heterocycles. The fourth-order valence-electron chi connectivity index (χ4n) is 3.04. The molecule has 0 saturated heterocycles. The summed E-state index contributed by atoms with van der Waals surface area (Å²) in [5.41, 5.74) is 9.50. The van der Waals surface area contributed by atoms with Gasteiger partial charge in [0.25, 0.3) is 0 Å². The minimum Gasteiger partial charge on any atom is -0.0622 e. The minimum absolute atomic E-state index is 1.28. The topological polar surface area (TPSA) is 0 Å². The van der Waals surface area contributed by atoms with Crippen LogP contribution in [0.25, 0.3) is 11.1 Å². The van der Waals surface area contributed by atoms with Crippen molar-refractivity contribution in [3.05, 3.63) is 58.7 Å². The normalized spacial score (nSPS) is 15.8. The summed E-state index contributed by atoms with van der Waals surface area (Å²) in [5, 5.41) is 0. The standard InChI is InChI=1S/C16H14/c1-2-4-11(5-3-1)16-10-12-6-7-13(12)14-8-9-15(14)16/h1-5,10H,6-9H2. The lowest BCUT2D eigenvalue weighted by atomic mass is 9.72. The molecule has 4 rings (SSSR count). The van der Waals surface area contributed by atoms with Gasteiger partial charge in [-0.1, -0.05) is 36.4 Å². The van der Waals surface area contributed by atoms with Crippen LogP contribution in [0.15, 0.2) is 36.4 Å². The maximum atomic E-state index is 2.44. The number of benzene rings is 2. The Balaban J connectivity index is 1.97. The Kier molecular flexibility index (Phi) is 1.59. The van der Waals surface area contributed by atoms with Crippen molar-refractivity contribution in [1.29, 1.82) is 0 Å². The largest absolute Gasteiger partial charge is 0.0622 e. The van der Waals surface area contributed by atoms with E-state index in [1.807, 2.05) is 0 Å². The van der Waals surface area contributed by atoms with E-state index in [1.165, 1.54) is 36.8 Å². The van der Waals surface area contributed by atoms with Gasteiger partial charge in [-0.2, -0.15) is 0 Å². The molecule has 2 aliphatic carbocycles. The van der Waals surface area contributed by atoms with Crippen molar-refractivity contribution in [2.75, 3.05) is 0 Å². The molecule has 0 saturated carbocycles. The molecule has 0 radical (unpaired) electrons. The quantitative estimate of drug-likeness (QED) is 0.669. The summed E-state index contributed by atoms with van der Waals surface area (Å²) in [6.07, 6.45) is 5.22. The lowest BCUT2D eigenvalue weighted by Gasteiger charge is -2.33. The molecule has 78 valence electrons. The predicted molar refractivity (Wildman–Crippen MR) is 66.7 cm³/mol. The molecular weight excluding hydrogens is 192 g/mol.